The molecule has 1 aliphatic heterocycles. The normalized spacial score (nSPS) is 20.7. The summed E-state index contributed by atoms with van der Waals surface area (Å²) in [4.78, 5) is 26.9. The van der Waals surface area contributed by atoms with E-state index in [1.165, 1.54) is 12.8 Å². The van der Waals surface area contributed by atoms with E-state index in [0.717, 1.165) is 73.2 Å². The Morgan fingerprint density at radius 2 is 1.82 bits per heavy atom. The van der Waals surface area contributed by atoms with Gasteiger partial charge in [0.2, 0.25) is 5.82 Å². The number of carbonyl (C=O) groups excluding carboxylic acids is 1. The molecule has 0 bridgehead atoms. The van der Waals surface area contributed by atoms with Crippen molar-refractivity contribution in [1.82, 2.24) is 20.6 Å². The Hall–Kier alpha value is -2.70. The van der Waals surface area contributed by atoms with Gasteiger partial charge in [-0.2, -0.15) is 0 Å². The lowest BCUT2D eigenvalue weighted by Gasteiger charge is -2.34. The summed E-state index contributed by atoms with van der Waals surface area (Å²) in [6.45, 7) is 7.97. The largest absolute Gasteiger partial charge is 0.369 e. The Morgan fingerprint density at radius 1 is 1.06 bits per heavy atom. The molecule has 1 amide bonds. The van der Waals surface area contributed by atoms with Crippen LogP contribution in [0.15, 0.2) is 23.2 Å². The molecule has 33 heavy (non-hydrogen) atoms. The highest BCUT2D eigenvalue weighted by atomic mass is 16.2. The summed E-state index contributed by atoms with van der Waals surface area (Å²) in [5.74, 6) is 2.40. The highest BCUT2D eigenvalue weighted by Gasteiger charge is 2.28. The Labute approximate surface area is 197 Å². The zero-order valence-corrected chi connectivity index (χ0v) is 20.3. The van der Waals surface area contributed by atoms with E-state index in [9.17, 15) is 4.79 Å². The molecule has 7 nitrogen and oxygen atoms in total. The van der Waals surface area contributed by atoms with Gasteiger partial charge < -0.3 is 16.0 Å². The topological polar surface area (TPSA) is 91.3 Å². The fourth-order valence-electron chi connectivity index (χ4n) is 4.87. The second-order valence-corrected chi connectivity index (χ2v) is 9.53. The third-order valence-corrected chi connectivity index (χ3v) is 7.07. The van der Waals surface area contributed by atoms with Gasteiger partial charge in [-0.15, -0.1) is 0 Å². The fraction of sp³-hybridized carbons (Fsp3) is 0.615. The Balaban J connectivity index is 1.59. The van der Waals surface area contributed by atoms with E-state index in [1.807, 2.05) is 12.1 Å². The van der Waals surface area contributed by atoms with Crippen LogP contribution in [0, 0.1) is 12.8 Å². The van der Waals surface area contributed by atoms with Gasteiger partial charge in [-0.05, 0) is 44.2 Å². The van der Waals surface area contributed by atoms with Crippen molar-refractivity contribution >= 4 is 28.5 Å². The second kappa shape index (κ2) is 10.9. The highest BCUT2D eigenvalue weighted by Crippen LogP contribution is 2.27. The number of aryl methyl sites for hydroxylation is 1. The van der Waals surface area contributed by atoms with Gasteiger partial charge in [0.05, 0.1) is 11.4 Å². The van der Waals surface area contributed by atoms with Crippen LogP contribution in [0.2, 0.25) is 0 Å². The van der Waals surface area contributed by atoms with E-state index in [2.05, 4.69) is 52.8 Å². The minimum absolute atomic E-state index is 0.203. The van der Waals surface area contributed by atoms with Gasteiger partial charge in [-0.1, -0.05) is 51.2 Å². The van der Waals surface area contributed by atoms with Crippen LogP contribution in [0.1, 0.15) is 81.4 Å². The van der Waals surface area contributed by atoms with E-state index in [0.29, 0.717) is 18.5 Å². The number of carbonyl (C=O) groups is 1. The van der Waals surface area contributed by atoms with Crippen LogP contribution in [0.25, 0.3) is 10.9 Å². The van der Waals surface area contributed by atoms with Crippen LogP contribution >= 0.6 is 0 Å². The minimum Gasteiger partial charge on any atom is -0.369 e. The molecule has 0 radical (unpaired) electrons. The third kappa shape index (κ3) is 5.81. The number of amidine groups is 1. The van der Waals surface area contributed by atoms with E-state index in [1.54, 1.807) is 0 Å². The van der Waals surface area contributed by atoms with E-state index in [4.69, 9.17) is 4.98 Å². The summed E-state index contributed by atoms with van der Waals surface area (Å²) in [6, 6.07) is 6.68. The highest BCUT2D eigenvalue weighted by molar-refractivity contribution is 5.96. The van der Waals surface area contributed by atoms with Gasteiger partial charge in [0.1, 0.15) is 5.82 Å². The number of aliphatic imine (C=N–C) groups is 1. The molecule has 178 valence electrons. The van der Waals surface area contributed by atoms with Gasteiger partial charge in [-0.25, -0.2) is 9.97 Å². The maximum atomic E-state index is 12.9. The molecule has 2 atom stereocenters. The molecular weight excluding hydrogens is 412 g/mol. The fourth-order valence-corrected chi connectivity index (χ4v) is 4.87. The molecule has 3 N–H and O–H groups in total. The number of amides is 1. The Kier molecular flexibility index (Phi) is 7.78. The summed E-state index contributed by atoms with van der Waals surface area (Å²) >= 11 is 0. The average molecular weight is 451 g/mol. The number of fused-ring (bicyclic) bond motifs is 1. The summed E-state index contributed by atoms with van der Waals surface area (Å²) in [6.07, 6.45) is 8.85. The van der Waals surface area contributed by atoms with Gasteiger partial charge in [0.15, 0.2) is 0 Å². The summed E-state index contributed by atoms with van der Waals surface area (Å²) in [7, 11) is 0. The first-order valence-corrected chi connectivity index (χ1v) is 12.7. The zero-order valence-electron chi connectivity index (χ0n) is 20.3. The molecule has 1 aromatic heterocycles. The first-order valence-electron chi connectivity index (χ1n) is 12.7. The lowest BCUT2D eigenvalue weighted by Crippen LogP contribution is -2.48. The summed E-state index contributed by atoms with van der Waals surface area (Å²) in [5.41, 5.74) is 1.95. The molecule has 7 heteroatoms. The van der Waals surface area contributed by atoms with Crippen LogP contribution in [-0.4, -0.2) is 46.9 Å². The number of hydrogen-bond donors (Lipinski definition) is 3. The monoisotopic (exact) mass is 450 g/mol. The molecule has 2 aliphatic rings. The average Bonchev–Trinajstić information content (AvgIpc) is 3.34. The lowest BCUT2D eigenvalue weighted by molar-refractivity contribution is 0.0936. The second-order valence-electron chi connectivity index (χ2n) is 9.53. The predicted octanol–water partition coefficient (Wildman–Crippen LogP) is 4.61. The Morgan fingerprint density at radius 3 is 2.52 bits per heavy atom. The molecular formula is C26H38N6O. The zero-order chi connectivity index (χ0) is 23.2. The van der Waals surface area contributed by atoms with Crippen molar-refractivity contribution in [1.29, 1.82) is 0 Å². The number of anilines is 1. The quantitative estimate of drug-likeness (QED) is 0.546. The van der Waals surface area contributed by atoms with Crippen LogP contribution in [0.3, 0.4) is 0 Å². The van der Waals surface area contributed by atoms with Gasteiger partial charge in [0, 0.05) is 37.0 Å². The SMILES string of the molecule is CCC(CC)CNC(=O)c1nc(N[C@H]2CCCC[C@H]2NC2=NCCC2)c2cc(C)ccc2n1. The summed E-state index contributed by atoms with van der Waals surface area (Å²) in [5, 5.41) is 11.4. The smallest absolute Gasteiger partial charge is 0.289 e. The standard InChI is InChI=1S/C26H38N6O/c1-4-18(5-2)16-28-26(33)25-30-20-13-12-17(3)15-19(20)24(32-25)31-22-10-7-6-9-21(22)29-23-11-8-14-27-23/h12-13,15,18,21-22H,4-11,14,16H2,1-3H3,(H,27,29)(H,28,33)(H,30,31,32)/t21-,22+/m1/s1. The number of hydrogen-bond acceptors (Lipinski definition) is 6. The van der Waals surface area contributed by atoms with Crippen LogP contribution < -0.4 is 16.0 Å². The van der Waals surface area contributed by atoms with Crippen molar-refractivity contribution in [3.8, 4) is 0 Å². The van der Waals surface area contributed by atoms with Crippen LogP contribution in [0.5, 0.6) is 0 Å². The lowest BCUT2D eigenvalue weighted by atomic mass is 9.90. The molecule has 1 aromatic carbocycles. The molecule has 1 aliphatic carbocycles. The van der Waals surface area contributed by atoms with Crippen LogP contribution in [0.4, 0.5) is 5.82 Å². The number of nitrogens with one attached hydrogen (secondary N) is 3. The van der Waals surface area contributed by atoms with Crippen LogP contribution in [-0.2, 0) is 0 Å². The molecule has 1 fully saturated rings. The minimum atomic E-state index is -0.203. The van der Waals surface area contributed by atoms with E-state index in [-0.39, 0.29) is 17.8 Å². The molecule has 4 rings (SSSR count). The van der Waals surface area contributed by atoms with E-state index < -0.39 is 0 Å². The van der Waals surface area contributed by atoms with Crippen molar-refractivity contribution in [2.24, 2.45) is 10.9 Å². The molecule has 0 unspecified atom stereocenters. The molecule has 0 saturated heterocycles. The predicted molar refractivity (Wildman–Crippen MR) is 135 cm³/mol. The van der Waals surface area contributed by atoms with E-state index >= 15 is 0 Å². The number of benzene rings is 1. The number of nitrogens with zero attached hydrogens (tertiary/aromatic N) is 3. The maximum Gasteiger partial charge on any atom is 0.289 e. The van der Waals surface area contributed by atoms with Crippen molar-refractivity contribution < 1.29 is 4.79 Å². The third-order valence-electron chi connectivity index (χ3n) is 7.07. The van der Waals surface area contributed by atoms with Crippen molar-refractivity contribution in [2.45, 2.75) is 84.2 Å². The number of aromatic nitrogens is 2. The molecule has 0 spiro atoms. The number of rotatable bonds is 8. The first kappa shape index (κ1) is 23.5. The van der Waals surface area contributed by atoms with Crippen molar-refractivity contribution in [3.63, 3.8) is 0 Å². The van der Waals surface area contributed by atoms with Gasteiger partial charge in [-0.3, -0.25) is 9.79 Å². The molecule has 1 saturated carbocycles. The van der Waals surface area contributed by atoms with Crippen molar-refractivity contribution in [3.05, 3.63) is 29.6 Å². The molecule has 2 aromatic rings. The maximum absolute atomic E-state index is 12.9. The molecule has 2 heterocycles. The first-order chi connectivity index (χ1) is 16.1. The summed E-state index contributed by atoms with van der Waals surface area (Å²) < 4.78 is 0. The van der Waals surface area contributed by atoms with Crippen molar-refractivity contribution in [2.75, 3.05) is 18.4 Å². The van der Waals surface area contributed by atoms with Gasteiger partial charge >= 0.3 is 0 Å². The van der Waals surface area contributed by atoms with Gasteiger partial charge in [0.25, 0.3) is 5.91 Å². The Bertz CT molecular complexity index is 1000.